The van der Waals surface area contributed by atoms with Crippen molar-refractivity contribution in [3.05, 3.63) is 75.8 Å². The van der Waals surface area contributed by atoms with Crippen LogP contribution in [0.3, 0.4) is 0 Å². The molecule has 0 aliphatic carbocycles. The number of carbonyl (C=O) groups excluding carboxylic acids is 2. The molecule has 7 heteroatoms. The monoisotopic (exact) mass is 433 g/mol. The van der Waals surface area contributed by atoms with Crippen molar-refractivity contribution in [2.45, 2.75) is 45.1 Å². The number of hydrogen-bond acceptors (Lipinski definition) is 5. The van der Waals surface area contributed by atoms with Crippen LogP contribution in [0.25, 0.3) is 10.9 Å². The smallest absolute Gasteiger partial charge is 0.338 e. The zero-order chi connectivity index (χ0) is 22.5. The van der Waals surface area contributed by atoms with Crippen LogP contribution in [0.2, 0.25) is 0 Å². The summed E-state index contributed by atoms with van der Waals surface area (Å²) < 4.78 is 6.92. The van der Waals surface area contributed by atoms with Gasteiger partial charge >= 0.3 is 5.97 Å². The van der Waals surface area contributed by atoms with Crippen molar-refractivity contribution >= 4 is 22.8 Å². The van der Waals surface area contributed by atoms with Gasteiger partial charge in [-0.3, -0.25) is 14.2 Å². The molecule has 1 aliphatic rings. The number of rotatable bonds is 6. The summed E-state index contributed by atoms with van der Waals surface area (Å²) in [6, 6.07) is 14.6. The van der Waals surface area contributed by atoms with Crippen molar-refractivity contribution in [2.75, 3.05) is 13.2 Å². The number of nitrogens with zero attached hydrogens (tertiary/aromatic N) is 2. The van der Waals surface area contributed by atoms with Gasteiger partial charge < -0.3 is 10.1 Å². The molecule has 1 atom stereocenters. The lowest BCUT2D eigenvalue weighted by Gasteiger charge is -2.13. The molecule has 1 aromatic heterocycles. The van der Waals surface area contributed by atoms with Gasteiger partial charge in [-0.1, -0.05) is 43.7 Å². The topological polar surface area (TPSA) is 90.3 Å². The number of hydrogen-bond donors (Lipinski definition) is 1. The molecule has 1 N–H and O–H groups in total. The van der Waals surface area contributed by atoms with E-state index < -0.39 is 5.97 Å². The molecule has 1 amide bonds. The van der Waals surface area contributed by atoms with Gasteiger partial charge in [0.1, 0.15) is 5.82 Å². The molecule has 0 bridgehead atoms. The Hall–Kier alpha value is -3.48. The van der Waals surface area contributed by atoms with Crippen molar-refractivity contribution in [1.82, 2.24) is 14.9 Å². The lowest BCUT2D eigenvalue weighted by atomic mass is 10.0. The highest BCUT2D eigenvalue weighted by molar-refractivity contribution is 5.95. The number of fused-ring (bicyclic) bond motifs is 2. The summed E-state index contributed by atoms with van der Waals surface area (Å²) in [7, 11) is 0. The van der Waals surface area contributed by atoms with Crippen molar-refractivity contribution in [3.63, 3.8) is 0 Å². The normalized spacial score (nSPS) is 14.3. The van der Waals surface area contributed by atoms with E-state index in [0.29, 0.717) is 24.0 Å². The molecule has 2 aromatic carbocycles. The number of benzene rings is 2. The Bertz CT molecular complexity index is 1190. The van der Waals surface area contributed by atoms with Crippen LogP contribution in [-0.4, -0.2) is 34.6 Å². The van der Waals surface area contributed by atoms with Crippen LogP contribution in [0.15, 0.2) is 53.3 Å². The Labute approximate surface area is 186 Å². The Kier molecular flexibility index (Phi) is 6.63. The van der Waals surface area contributed by atoms with Crippen LogP contribution in [0.4, 0.5) is 0 Å². The molecule has 1 unspecified atom stereocenters. The highest BCUT2D eigenvalue weighted by Gasteiger charge is 2.17. The van der Waals surface area contributed by atoms with Crippen molar-refractivity contribution in [1.29, 1.82) is 0 Å². The van der Waals surface area contributed by atoms with Crippen molar-refractivity contribution in [3.8, 4) is 0 Å². The van der Waals surface area contributed by atoms with Gasteiger partial charge in [0.25, 0.3) is 11.5 Å². The van der Waals surface area contributed by atoms with Gasteiger partial charge in [0.2, 0.25) is 0 Å². The zero-order valence-electron chi connectivity index (χ0n) is 18.2. The third kappa shape index (κ3) is 4.88. The van der Waals surface area contributed by atoms with Crippen LogP contribution in [0.1, 0.15) is 53.8 Å². The summed E-state index contributed by atoms with van der Waals surface area (Å²) in [5, 5.41) is 3.28. The molecule has 0 fully saturated rings. The van der Waals surface area contributed by atoms with E-state index >= 15 is 0 Å². The minimum atomic E-state index is -0.616. The van der Waals surface area contributed by atoms with Gasteiger partial charge in [0, 0.05) is 19.5 Å². The van der Waals surface area contributed by atoms with E-state index in [1.54, 1.807) is 22.8 Å². The molecule has 32 heavy (non-hydrogen) atoms. The summed E-state index contributed by atoms with van der Waals surface area (Å²) in [5.74, 6) is -0.0623. The van der Waals surface area contributed by atoms with Gasteiger partial charge in [-0.15, -0.1) is 0 Å². The minimum absolute atomic E-state index is 0.0706. The van der Waals surface area contributed by atoms with Gasteiger partial charge in [0.15, 0.2) is 6.61 Å². The fraction of sp³-hybridized carbons (Fsp3) is 0.360. The molecule has 4 rings (SSSR count). The SMILES string of the molecule is CC(CNC(=O)COC(=O)c1ccc2c(=O)n3c(nc2c1)CCCCC3)c1ccccc1. The molecule has 166 valence electrons. The average molecular weight is 434 g/mol. The number of aromatic nitrogens is 2. The maximum atomic E-state index is 12.8. The van der Waals surface area contributed by atoms with E-state index in [4.69, 9.17) is 4.74 Å². The van der Waals surface area contributed by atoms with Gasteiger partial charge in [-0.2, -0.15) is 0 Å². The minimum Gasteiger partial charge on any atom is -0.452 e. The van der Waals surface area contributed by atoms with Crippen LogP contribution in [0, 0.1) is 0 Å². The molecule has 2 heterocycles. The fourth-order valence-electron chi connectivity index (χ4n) is 3.98. The third-order valence-corrected chi connectivity index (χ3v) is 5.86. The lowest BCUT2D eigenvalue weighted by Crippen LogP contribution is -2.31. The second-order valence-electron chi connectivity index (χ2n) is 8.22. The first-order chi connectivity index (χ1) is 15.5. The average Bonchev–Trinajstić information content (AvgIpc) is 3.07. The highest BCUT2D eigenvalue weighted by Crippen LogP contribution is 2.17. The molecule has 0 spiro atoms. The van der Waals surface area contributed by atoms with Crippen LogP contribution < -0.4 is 10.9 Å². The van der Waals surface area contributed by atoms with E-state index in [1.165, 1.54) is 0 Å². The van der Waals surface area contributed by atoms with Crippen molar-refractivity contribution < 1.29 is 14.3 Å². The third-order valence-electron chi connectivity index (χ3n) is 5.86. The molecule has 0 saturated heterocycles. The van der Waals surface area contributed by atoms with Crippen molar-refractivity contribution in [2.24, 2.45) is 0 Å². The first kappa shape index (κ1) is 21.7. The number of ether oxygens (including phenoxy) is 1. The van der Waals surface area contributed by atoms with E-state index in [2.05, 4.69) is 10.3 Å². The summed E-state index contributed by atoms with van der Waals surface area (Å²) in [6.07, 6.45) is 3.79. The van der Waals surface area contributed by atoms with Crippen LogP contribution in [0.5, 0.6) is 0 Å². The van der Waals surface area contributed by atoms with E-state index in [9.17, 15) is 14.4 Å². The number of amides is 1. The number of aryl methyl sites for hydroxylation is 1. The second-order valence-corrected chi connectivity index (χ2v) is 8.22. The zero-order valence-corrected chi connectivity index (χ0v) is 18.2. The molecular weight excluding hydrogens is 406 g/mol. The molecule has 3 aromatic rings. The largest absolute Gasteiger partial charge is 0.452 e. The van der Waals surface area contributed by atoms with E-state index in [-0.39, 0.29) is 29.6 Å². The highest BCUT2D eigenvalue weighted by atomic mass is 16.5. The summed E-state index contributed by atoms with van der Waals surface area (Å²) in [4.78, 5) is 42.0. The summed E-state index contributed by atoms with van der Waals surface area (Å²) >= 11 is 0. The lowest BCUT2D eigenvalue weighted by molar-refractivity contribution is -0.124. The first-order valence-corrected chi connectivity index (χ1v) is 11.0. The van der Waals surface area contributed by atoms with E-state index in [1.807, 2.05) is 37.3 Å². The summed E-state index contributed by atoms with van der Waals surface area (Å²) in [5.41, 5.74) is 1.81. The molecule has 0 radical (unpaired) electrons. The fourth-order valence-corrected chi connectivity index (χ4v) is 3.98. The van der Waals surface area contributed by atoms with Crippen LogP contribution in [-0.2, 0) is 22.5 Å². The number of nitrogens with one attached hydrogen (secondary N) is 1. The van der Waals surface area contributed by atoms with E-state index in [0.717, 1.165) is 37.1 Å². The van der Waals surface area contributed by atoms with Crippen LogP contribution >= 0.6 is 0 Å². The molecule has 0 saturated carbocycles. The van der Waals surface area contributed by atoms with Gasteiger partial charge in [-0.25, -0.2) is 9.78 Å². The number of esters is 1. The Morgan fingerprint density at radius 2 is 1.94 bits per heavy atom. The molecular formula is C25H27N3O4. The maximum absolute atomic E-state index is 12.8. The Morgan fingerprint density at radius 3 is 2.75 bits per heavy atom. The van der Waals surface area contributed by atoms with Gasteiger partial charge in [0.05, 0.1) is 16.5 Å². The Morgan fingerprint density at radius 1 is 1.12 bits per heavy atom. The van der Waals surface area contributed by atoms with Gasteiger partial charge in [-0.05, 0) is 42.5 Å². The quantitative estimate of drug-likeness (QED) is 0.603. The predicted molar refractivity (Wildman–Crippen MR) is 122 cm³/mol. The second kappa shape index (κ2) is 9.77. The summed E-state index contributed by atoms with van der Waals surface area (Å²) in [6.45, 7) is 2.79. The standard InChI is InChI=1S/C25H27N3O4/c1-17(18-8-4-2-5-9-18)15-26-23(29)16-32-25(31)19-11-12-20-21(14-19)27-22-10-6-3-7-13-28(22)24(20)30/h2,4-5,8-9,11-12,14,17H,3,6-7,10,13,15-16H2,1H3,(H,26,29). The predicted octanol–water partition coefficient (Wildman–Crippen LogP) is 3.20. The number of carbonyl (C=O) groups is 2. The Balaban J connectivity index is 1.38. The molecule has 1 aliphatic heterocycles. The molecule has 7 nitrogen and oxygen atoms in total. The first-order valence-electron chi connectivity index (χ1n) is 11.0. The maximum Gasteiger partial charge on any atom is 0.338 e.